The number of aryl methyl sites for hydroxylation is 1. The third kappa shape index (κ3) is 1.59. The molecular weight excluding hydrogens is 178 g/mol. The molecule has 0 aliphatic rings. The zero-order chi connectivity index (χ0) is 9.97. The lowest BCUT2D eigenvalue weighted by molar-refractivity contribution is 0.414. The van der Waals surface area contributed by atoms with Gasteiger partial charge in [-0.15, -0.1) is 0 Å². The molecule has 0 spiro atoms. The predicted octanol–water partition coefficient (Wildman–Crippen LogP) is 1.58. The van der Waals surface area contributed by atoms with Crippen LogP contribution in [-0.4, -0.2) is 21.9 Å². The van der Waals surface area contributed by atoms with Crippen molar-refractivity contribution in [1.82, 2.24) is 14.8 Å². The second-order valence-corrected chi connectivity index (χ2v) is 2.93. The van der Waals surface area contributed by atoms with Crippen molar-refractivity contribution in [3.63, 3.8) is 0 Å². The maximum Gasteiger partial charge on any atom is 0.147 e. The third-order valence-corrected chi connectivity index (χ3v) is 1.94. The van der Waals surface area contributed by atoms with E-state index in [1.807, 2.05) is 31.2 Å². The van der Waals surface area contributed by atoms with Gasteiger partial charge in [-0.05, 0) is 31.2 Å². The molecule has 72 valence electrons. The maximum atomic E-state index is 5.06. The van der Waals surface area contributed by atoms with E-state index in [0.29, 0.717) is 0 Å². The van der Waals surface area contributed by atoms with Crippen LogP contribution < -0.4 is 4.74 Å². The number of benzene rings is 1. The van der Waals surface area contributed by atoms with Crippen LogP contribution in [0.5, 0.6) is 5.75 Å². The minimum absolute atomic E-state index is 0.765. The van der Waals surface area contributed by atoms with Crippen LogP contribution in [0.2, 0.25) is 0 Å². The molecule has 14 heavy (non-hydrogen) atoms. The Labute approximate surface area is 82.2 Å². The molecule has 4 heteroatoms. The van der Waals surface area contributed by atoms with Gasteiger partial charge >= 0.3 is 0 Å². The molecule has 0 saturated carbocycles. The highest BCUT2D eigenvalue weighted by atomic mass is 16.5. The fourth-order valence-corrected chi connectivity index (χ4v) is 1.21. The third-order valence-electron chi connectivity index (χ3n) is 1.94. The first-order valence-corrected chi connectivity index (χ1v) is 4.32. The van der Waals surface area contributed by atoms with Gasteiger partial charge in [-0.25, -0.2) is 9.67 Å². The molecule has 0 fully saturated rings. The molecule has 0 N–H and O–H groups in total. The van der Waals surface area contributed by atoms with Gasteiger partial charge in [0.05, 0.1) is 12.8 Å². The normalized spacial score (nSPS) is 10.1. The number of nitrogens with zero attached hydrogens (tertiary/aromatic N) is 3. The number of ether oxygens (including phenoxy) is 1. The van der Waals surface area contributed by atoms with E-state index in [1.54, 1.807) is 18.1 Å². The molecular formula is C10H11N3O. The van der Waals surface area contributed by atoms with Gasteiger partial charge < -0.3 is 4.74 Å². The van der Waals surface area contributed by atoms with E-state index in [2.05, 4.69) is 10.1 Å². The van der Waals surface area contributed by atoms with Gasteiger partial charge in [-0.3, -0.25) is 0 Å². The first kappa shape index (κ1) is 8.74. The van der Waals surface area contributed by atoms with Crippen molar-refractivity contribution in [3.05, 3.63) is 36.4 Å². The molecule has 0 saturated heterocycles. The Morgan fingerprint density at radius 2 is 1.93 bits per heavy atom. The highest BCUT2D eigenvalue weighted by Gasteiger charge is 1.98. The predicted molar refractivity (Wildman–Crippen MR) is 52.6 cm³/mol. The highest BCUT2D eigenvalue weighted by Crippen LogP contribution is 2.13. The van der Waals surface area contributed by atoms with E-state index in [1.165, 1.54) is 0 Å². The van der Waals surface area contributed by atoms with E-state index in [9.17, 15) is 0 Å². The Balaban J connectivity index is 2.33. The summed E-state index contributed by atoms with van der Waals surface area (Å²) in [5.74, 6) is 1.60. The molecule has 0 amide bonds. The van der Waals surface area contributed by atoms with Crippen molar-refractivity contribution in [2.24, 2.45) is 0 Å². The number of rotatable bonds is 2. The molecule has 0 aliphatic carbocycles. The summed E-state index contributed by atoms with van der Waals surface area (Å²) in [6.07, 6.45) is 1.69. The van der Waals surface area contributed by atoms with Crippen molar-refractivity contribution in [3.8, 4) is 11.4 Å². The largest absolute Gasteiger partial charge is 0.497 e. The number of hydrogen-bond acceptors (Lipinski definition) is 3. The molecule has 2 aromatic rings. The van der Waals surface area contributed by atoms with Gasteiger partial charge in [0.15, 0.2) is 0 Å². The molecule has 0 unspecified atom stereocenters. The number of methoxy groups -OCH3 is 1. The van der Waals surface area contributed by atoms with Crippen LogP contribution in [0.1, 0.15) is 5.82 Å². The second-order valence-electron chi connectivity index (χ2n) is 2.93. The average Bonchev–Trinajstić information content (AvgIpc) is 2.65. The zero-order valence-electron chi connectivity index (χ0n) is 8.14. The lowest BCUT2D eigenvalue weighted by Gasteiger charge is -2.01. The summed E-state index contributed by atoms with van der Waals surface area (Å²) in [6, 6.07) is 7.67. The average molecular weight is 189 g/mol. The lowest BCUT2D eigenvalue weighted by atomic mass is 10.3. The van der Waals surface area contributed by atoms with E-state index in [0.717, 1.165) is 17.3 Å². The lowest BCUT2D eigenvalue weighted by Crippen LogP contribution is -1.94. The Bertz CT molecular complexity index is 419. The van der Waals surface area contributed by atoms with Gasteiger partial charge in [0, 0.05) is 0 Å². The summed E-state index contributed by atoms with van der Waals surface area (Å²) in [7, 11) is 1.65. The van der Waals surface area contributed by atoms with Crippen LogP contribution >= 0.6 is 0 Å². The van der Waals surface area contributed by atoms with Crippen LogP contribution in [0.15, 0.2) is 30.6 Å². The Kier molecular flexibility index (Phi) is 2.18. The Hall–Kier alpha value is -1.84. The summed E-state index contributed by atoms with van der Waals surface area (Å²) in [5, 5.41) is 4.20. The molecule has 4 nitrogen and oxygen atoms in total. The molecule has 1 heterocycles. The fraction of sp³-hybridized carbons (Fsp3) is 0.200. The van der Waals surface area contributed by atoms with Crippen LogP contribution in [0.4, 0.5) is 0 Å². The van der Waals surface area contributed by atoms with Crippen molar-refractivity contribution >= 4 is 0 Å². The van der Waals surface area contributed by atoms with E-state index < -0.39 is 0 Å². The van der Waals surface area contributed by atoms with Crippen LogP contribution in [-0.2, 0) is 0 Å². The minimum atomic E-state index is 0.765. The second kappa shape index (κ2) is 3.49. The van der Waals surface area contributed by atoms with Crippen molar-refractivity contribution in [2.45, 2.75) is 6.92 Å². The molecule has 0 aliphatic heterocycles. The number of hydrogen-bond donors (Lipinski definition) is 0. The topological polar surface area (TPSA) is 39.9 Å². The summed E-state index contributed by atoms with van der Waals surface area (Å²) < 4.78 is 6.80. The zero-order valence-corrected chi connectivity index (χ0v) is 8.14. The van der Waals surface area contributed by atoms with Crippen LogP contribution in [0.3, 0.4) is 0 Å². The smallest absolute Gasteiger partial charge is 0.147 e. The molecule has 1 aromatic heterocycles. The molecule has 0 radical (unpaired) electrons. The monoisotopic (exact) mass is 189 g/mol. The van der Waals surface area contributed by atoms with Crippen molar-refractivity contribution in [2.75, 3.05) is 7.11 Å². The van der Waals surface area contributed by atoms with Gasteiger partial charge in [-0.1, -0.05) is 0 Å². The van der Waals surface area contributed by atoms with Gasteiger partial charge in [-0.2, -0.15) is 5.10 Å². The van der Waals surface area contributed by atoms with Crippen LogP contribution in [0, 0.1) is 6.92 Å². The molecule has 0 bridgehead atoms. The molecule has 1 aromatic carbocycles. The first-order chi connectivity index (χ1) is 6.79. The summed E-state index contributed by atoms with van der Waals surface area (Å²) >= 11 is 0. The van der Waals surface area contributed by atoms with E-state index >= 15 is 0 Å². The molecule has 0 atom stereocenters. The summed E-state index contributed by atoms with van der Waals surface area (Å²) in [4.78, 5) is 4.06. The summed E-state index contributed by atoms with van der Waals surface area (Å²) in [5.41, 5.74) is 0.978. The van der Waals surface area contributed by atoms with Crippen molar-refractivity contribution in [1.29, 1.82) is 0 Å². The SMILES string of the molecule is COc1ccc(-n2cnc(C)n2)cc1. The molecule has 2 rings (SSSR count). The van der Waals surface area contributed by atoms with E-state index in [4.69, 9.17) is 4.74 Å². The first-order valence-electron chi connectivity index (χ1n) is 4.32. The quantitative estimate of drug-likeness (QED) is 0.720. The Morgan fingerprint density at radius 3 is 2.43 bits per heavy atom. The van der Waals surface area contributed by atoms with Crippen molar-refractivity contribution < 1.29 is 4.74 Å². The Morgan fingerprint density at radius 1 is 1.21 bits per heavy atom. The fourth-order valence-electron chi connectivity index (χ4n) is 1.21. The number of aromatic nitrogens is 3. The standard InChI is InChI=1S/C10H11N3O/c1-8-11-7-13(12-8)9-3-5-10(14-2)6-4-9/h3-7H,1-2H3. The highest BCUT2D eigenvalue weighted by molar-refractivity contribution is 5.36. The van der Waals surface area contributed by atoms with Gasteiger partial charge in [0.25, 0.3) is 0 Å². The minimum Gasteiger partial charge on any atom is -0.497 e. The van der Waals surface area contributed by atoms with Crippen LogP contribution in [0.25, 0.3) is 5.69 Å². The van der Waals surface area contributed by atoms with E-state index in [-0.39, 0.29) is 0 Å². The summed E-state index contributed by atoms with van der Waals surface area (Å²) in [6.45, 7) is 1.86. The maximum absolute atomic E-state index is 5.06. The van der Waals surface area contributed by atoms with Gasteiger partial charge in [0.1, 0.15) is 17.9 Å². The van der Waals surface area contributed by atoms with Gasteiger partial charge in [0.2, 0.25) is 0 Å².